The van der Waals surface area contributed by atoms with E-state index in [1.807, 2.05) is 0 Å². The first kappa shape index (κ1) is 22.5. The summed E-state index contributed by atoms with van der Waals surface area (Å²) in [6.45, 7) is 0. The summed E-state index contributed by atoms with van der Waals surface area (Å²) in [6.07, 6.45) is -1.83. The van der Waals surface area contributed by atoms with E-state index in [1.165, 1.54) is 0 Å². The summed E-state index contributed by atoms with van der Waals surface area (Å²) < 4.78 is 0. The van der Waals surface area contributed by atoms with E-state index >= 15 is 0 Å². The number of rotatable bonds is 0. The molecule has 0 radical (unpaired) electrons. The minimum atomic E-state index is -1.83. The third-order valence-electron chi connectivity index (χ3n) is 0. The van der Waals surface area contributed by atoms with Crippen molar-refractivity contribution in [2.75, 3.05) is 0 Å². The van der Waals surface area contributed by atoms with Crippen LogP contribution in [-0.2, 0) is 0 Å². The fraction of sp³-hybridized carbons (Fsp3) is 0. The molecular formula is CH6CsKO4. The average Bonchev–Trinajstić information content (AvgIpc) is 0.811. The summed E-state index contributed by atoms with van der Waals surface area (Å²) in [5, 5.41) is 13.9. The molecule has 0 heterocycles. The van der Waals surface area contributed by atoms with Gasteiger partial charge in [0, 0.05) is 0 Å². The van der Waals surface area contributed by atoms with Crippen LogP contribution >= 0.6 is 0 Å². The molecule has 0 rings (SSSR count). The van der Waals surface area contributed by atoms with Crippen molar-refractivity contribution in [3.8, 4) is 0 Å². The maximum Gasteiger partial charge on any atom is 1.00 e. The zero-order valence-electron chi connectivity index (χ0n) is 6.30. The smallest absolute Gasteiger partial charge is 1.00 e. The summed E-state index contributed by atoms with van der Waals surface area (Å²) in [5.74, 6) is 0. The standard InChI is InChI=1S/CH2O3.Cs.K.H2O.2H/c2-1(3)4;;;;;/h(H2,2,3,4);;;1H2;;/q;2*+1;;2*-1. The van der Waals surface area contributed by atoms with Gasteiger partial charge in [-0.2, -0.15) is 0 Å². The van der Waals surface area contributed by atoms with Gasteiger partial charge in [0.15, 0.2) is 0 Å². The maximum absolute atomic E-state index is 8.56. The fourth-order valence-electron chi connectivity index (χ4n) is 0. The quantitative estimate of drug-likeness (QED) is 0.421. The first-order valence-electron chi connectivity index (χ1n) is 0.651. The van der Waals surface area contributed by atoms with E-state index in [-0.39, 0.29) is 129 Å². The summed E-state index contributed by atoms with van der Waals surface area (Å²) in [4.78, 5) is 8.56. The van der Waals surface area contributed by atoms with E-state index in [0.717, 1.165) is 0 Å². The molecule has 0 saturated heterocycles. The van der Waals surface area contributed by atoms with E-state index < -0.39 is 6.16 Å². The monoisotopic (exact) mass is 254 g/mol. The van der Waals surface area contributed by atoms with Crippen molar-refractivity contribution < 1.29 is 144 Å². The minimum absolute atomic E-state index is 0. The fourth-order valence-corrected chi connectivity index (χ4v) is 0. The van der Waals surface area contributed by atoms with Gasteiger partial charge in [0.05, 0.1) is 0 Å². The van der Waals surface area contributed by atoms with E-state index in [1.54, 1.807) is 0 Å². The second-order valence-corrected chi connectivity index (χ2v) is 0.283. The van der Waals surface area contributed by atoms with Crippen LogP contribution in [0.5, 0.6) is 0 Å². The normalized spacial score (nSPS) is 3.43. The van der Waals surface area contributed by atoms with Crippen LogP contribution in [0.2, 0.25) is 0 Å². The summed E-state index contributed by atoms with van der Waals surface area (Å²) in [6, 6.07) is 0. The molecule has 0 aromatic heterocycles. The molecule has 36 valence electrons. The van der Waals surface area contributed by atoms with Gasteiger partial charge in [-0.3, -0.25) is 0 Å². The first-order valence-corrected chi connectivity index (χ1v) is 0.651. The van der Waals surface area contributed by atoms with E-state index in [9.17, 15) is 0 Å². The SMILES string of the molecule is O.O=C(O)O.[Cs+].[H-].[H-].[K+]. The Bertz CT molecular complexity index is 41.5. The number of hydrogen-bond acceptors (Lipinski definition) is 1. The molecule has 0 aromatic rings. The molecule has 7 heavy (non-hydrogen) atoms. The average molecular weight is 254 g/mol. The molecule has 0 atom stereocenters. The molecule has 6 heteroatoms. The van der Waals surface area contributed by atoms with Crippen molar-refractivity contribution in [2.24, 2.45) is 0 Å². The first-order chi connectivity index (χ1) is 1.73. The van der Waals surface area contributed by atoms with Gasteiger partial charge in [-0.1, -0.05) is 0 Å². The Labute approximate surface area is 145 Å². The Morgan fingerprint density at radius 1 is 1.43 bits per heavy atom. The molecular weight excluding hydrogens is 248 g/mol. The second kappa shape index (κ2) is 16.0. The molecule has 0 aliphatic carbocycles. The zero-order valence-corrected chi connectivity index (χ0v) is 13.7. The van der Waals surface area contributed by atoms with Crippen molar-refractivity contribution in [3.05, 3.63) is 0 Å². The topological polar surface area (TPSA) is 89.0 Å². The van der Waals surface area contributed by atoms with Crippen molar-refractivity contribution in [1.82, 2.24) is 0 Å². The van der Waals surface area contributed by atoms with Gasteiger partial charge in [0.25, 0.3) is 0 Å². The van der Waals surface area contributed by atoms with Crippen LogP contribution in [0.15, 0.2) is 0 Å². The summed E-state index contributed by atoms with van der Waals surface area (Å²) in [7, 11) is 0. The van der Waals surface area contributed by atoms with Gasteiger partial charge >= 0.3 is 126 Å². The number of hydrogen-bond donors (Lipinski definition) is 2. The van der Waals surface area contributed by atoms with E-state index in [2.05, 4.69) is 0 Å². The Balaban J connectivity index is -0.00000000450. The summed E-state index contributed by atoms with van der Waals surface area (Å²) >= 11 is 0. The predicted molar refractivity (Wildman–Crippen MR) is 16.5 cm³/mol. The number of carbonyl (C=O) groups is 1. The molecule has 0 amide bonds. The van der Waals surface area contributed by atoms with Crippen molar-refractivity contribution in [1.29, 1.82) is 0 Å². The molecule has 4 nitrogen and oxygen atoms in total. The minimum Gasteiger partial charge on any atom is -1.00 e. The second-order valence-electron chi connectivity index (χ2n) is 0.283. The molecule has 0 bridgehead atoms. The Morgan fingerprint density at radius 3 is 1.43 bits per heavy atom. The van der Waals surface area contributed by atoms with Crippen LogP contribution in [0.3, 0.4) is 0 Å². The van der Waals surface area contributed by atoms with Gasteiger partial charge in [0.2, 0.25) is 0 Å². The zero-order chi connectivity index (χ0) is 3.58. The largest absolute Gasteiger partial charge is 1.00 e. The Hall–Kier alpha value is 2.92. The Kier molecular flexibility index (Phi) is 51.4. The van der Waals surface area contributed by atoms with Gasteiger partial charge < -0.3 is 18.5 Å². The van der Waals surface area contributed by atoms with Gasteiger partial charge in [-0.05, 0) is 0 Å². The molecule has 0 unspecified atom stereocenters. The molecule has 0 aliphatic rings. The molecule has 0 aliphatic heterocycles. The van der Waals surface area contributed by atoms with Crippen LogP contribution < -0.4 is 120 Å². The van der Waals surface area contributed by atoms with Crippen molar-refractivity contribution in [3.63, 3.8) is 0 Å². The Morgan fingerprint density at radius 2 is 1.43 bits per heavy atom. The van der Waals surface area contributed by atoms with Crippen molar-refractivity contribution >= 4 is 6.16 Å². The summed E-state index contributed by atoms with van der Waals surface area (Å²) in [5.41, 5.74) is 0. The maximum atomic E-state index is 8.56. The van der Waals surface area contributed by atoms with Gasteiger partial charge in [0.1, 0.15) is 0 Å². The van der Waals surface area contributed by atoms with Gasteiger partial charge in [-0.15, -0.1) is 0 Å². The molecule has 0 fully saturated rings. The third-order valence-corrected chi connectivity index (χ3v) is 0. The molecule has 0 spiro atoms. The van der Waals surface area contributed by atoms with Crippen molar-refractivity contribution in [2.45, 2.75) is 0 Å². The molecule has 0 saturated carbocycles. The molecule has 0 aromatic carbocycles. The van der Waals surface area contributed by atoms with Crippen LogP contribution in [0.4, 0.5) is 4.79 Å². The van der Waals surface area contributed by atoms with Crippen LogP contribution in [0.1, 0.15) is 2.85 Å². The van der Waals surface area contributed by atoms with E-state index in [0.29, 0.717) is 0 Å². The molecule has 4 N–H and O–H groups in total. The van der Waals surface area contributed by atoms with E-state index in [4.69, 9.17) is 15.0 Å². The van der Waals surface area contributed by atoms with Crippen LogP contribution in [-0.4, -0.2) is 21.8 Å². The van der Waals surface area contributed by atoms with Gasteiger partial charge in [-0.25, -0.2) is 4.79 Å². The van der Waals surface area contributed by atoms with Crippen LogP contribution in [0, 0.1) is 0 Å². The third kappa shape index (κ3) is 50.1. The van der Waals surface area contributed by atoms with Crippen LogP contribution in [0.25, 0.3) is 0 Å². The predicted octanol–water partition coefficient (Wildman–Crippen LogP) is -6.37. The number of carboxylic acid groups (broad SMARTS) is 2.